The van der Waals surface area contributed by atoms with Gasteiger partial charge in [-0.1, -0.05) is 36.1 Å². The fraction of sp³-hybridized carbons (Fsp3) is 0. The van der Waals surface area contributed by atoms with Gasteiger partial charge in [-0.2, -0.15) is 10.2 Å². The molecule has 2 aromatic rings. The largest absolute Gasteiger partial charge is 0.367 e. The Morgan fingerprint density at radius 1 is 0.958 bits per heavy atom. The van der Waals surface area contributed by atoms with Gasteiger partial charge < -0.3 is 5.73 Å². The Morgan fingerprint density at radius 3 is 2.12 bits per heavy atom. The van der Waals surface area contributed by atoms with E-state index in [4.69, 9.17) is 18.6 Å². The number of benzene rings is 2. The van der Waals surface area contributed by atoms with E-state index in [0.29, 0.717) is 0 Å². The average molecular weight is 313 g/mol. The summed E-state index contributed by atoms with van der Waals surface area (Å²) >= 11 is 0. The van der Waals surface area contributed by atoms with Gasteiger partial charge >= 0.3 is 0 Å². The Kier molecular flexibility index (Phi) is 5.91. The molecule has 0 radical (unpaired) electrons. The lowest BCUT2D eigenvalue weighted by atomic mass is 10.1. The first kappa shape index (κ1) is 16.5. The average Bonchev–Trinajstić information content (AvgIpc) is 2.62. The van der Waals surface area contributed by atoms with Crippen LogP contribution in [0, 0.1) is 24.7 Å². The molecule has 5 nitrogen and oxygen atoms in total. The molecule has 0 amide bonds. The third-order valence-electron chi connectivity index (χ3n) is 2.87. The van der Waals surface area contributed by atoms with Crippen LogP contribution in [-0.2, 0) is 0 Å². The molecule has 0 saturated heterocycles. The molecule has 0 unspecified atom stereocenters. The summed E-state index contributed by atoms with van der Waals surface area (Å²) in [7, 11) is 0. The molecule has 0 atom stereocenters. The lowest BCUT2D eigenvalue weighted by molar-refractivity contribution is 0.994. The lowest BCUT2D eigenvalue weighted by Crippen LogP contribution is -2.26. The Hall–Kier alpha value is -3.83. The second-order valence-electron chi connectivity index (χ2n) is 4.64. The summed E-state index contributed by atoms with van der Waals surface area (Å²) < 4.78 is 0. The minimum atomic E-state index is 0.0590. The molecule has 0 heterocycles. The second-order valence-corrected chi connectivity index (χ2v) is 4.64. The third kappa shape index (κ3) is 5.18. The van der Waals surface area contributed by atoms with Crippen LogP contribution >= 0.6 is 0 Å². The van der Waals surface area contributed by atoms with Crippen molar-refractivity contribution in [1.29, 1.82) is 0 Å². The second kappa shape index (κ2) is 8.57. The Bertz CT molecular complexity index is 879. The van der Waals surface area contributed by atoms with Crippen LogP contribution in [0.1, 0.15) is 22.3 Å². The van der Waals surface area contributed by atoms with Crippen LogP contribution in [0.15, 0.2) is 63.8 Å². The normalized spacial score (nSPS) is 11.3. The molecular formula is C19H15N5. The van der Waals surface area contributed by atoms with Crippen LogP contribution in [0.3, 0.4) is 0 Å². The lowest BCUT2D eigenvalue weighted by Gasteiger charge is -1.97. The summed E-state index contributed by atoms with van der Waals surface area (Å²) in [6, 6.07) is 14.7. The van der Waals surface area contributed by atoms with Gasteiger partial charge in [-0.25, -0.2) is 5.43 Å². The van der Waals surface area contributed by atoms with Crippen molar-refractivity contribution in [3.63, 3.8) is 0 Å². The molecule has 0 aromatic heterocycles. The maximum absolute atomic E-state index is 5.66. The zero-order valence-corrected chi connectivity index (χ0v) is 12.8. The highest BCUT2D eigenvalue weighted by Crippen LogP contribution is 2.02. The van der Waals surface area contributed by atoms with Crippen LogP contribution in [0.25, 0.3) is 0 Å². The first-order valence-corrected chi connectivity index (χ1v) is 7.00. The van der Waals surface area contributed by atoms with E-state index in [-0.39, 0.29) is 5.96 Å². The van der Waals surface area contributed by atoms with Gasteiger partial charge in [-0.15, -0.1) is 17.9 Å². The number of rotatable bonds is 4. The van der Waals surface area contributed by atoms with Gasteiger partial charge in [0.25, 0.3) is 0 Å². The van der Waals surface area contributed by atoms with Gasteiger partial charge in [0, 0.05) is 11.1 Å². The number of hydrogen-bond donors (Lipinski definition) is 2. The van der Waals surface area contributed by atoms with Crippen molar-refractivity contribution in [1.82, 2.24) is 5.43 Å². The van der Waals surface area contributed by atoms with Crippen LogP contribution in [-0.4, -0.2) is 18.4 Å². The van der Waals surface area contributed by atoms with Crippen molar-refractivity contribution in [3.05, 3.63) is 70.8 Å². The zero-order valence-electron chi connectivity index (χ0n) is 12.8. The van der Waals surface area contributed by atoms with Crippen molar-refractivity contribution in [2.45, 2.75) is 0 Å². The van der Waals surface area contributed by atoms with Gasteiger partial charge in [-0.3, -0.25) is 0 Å². The monoisotopic (exact) mass is 313 g/mol. The quantitative estimate of drug-likeness (QED) is 0.392. The summed E-state index contributed by atoms with van der Waals surface area (Å²) in [5.41, 5.74) is 11.5. The summed E-state index contributed by atoms with van der Waals surface area (Å²) in [6.45, 7) is 0. The molecule has 0 aliphatic heterocycles. The first-order chi connectivity index (χ1) is 11.7. The number of nitrogens with two attached hydrogens (primary N) is 1. The Labute approximate surface area is 141 Å². The molecule has 0 saturated carbocycles. The minimum Gasteiger partial charge on any atom is -0.367 e. The molecule has 2 rings (SSSR count). The highest BCUT2D eigenvalue weighted by atomic mass is 15.4. The van der Waals surface area contributed by atoms with Crippen molar-refractivity contribution in [2.75, 3.05) is 0 Å². The highest BCUT2D eigenvalue weighted by molar-refractivity contribution is 5.84. The molecule has 24 heavy (non-hydrogen) atoms. The van der Waals surface area contributed by atoms with Crippen molar-refractivity contribution in [2.24, 2.45) is 21.0 Å². The van der Waals surface area contributed by atoms with Gasteiger partial charge in [0.05, 0.1) is 12.4 Å². The van der Waals surface area contributed by atoms with Crippen molar-refractivity contribution >= 4 is 18.4 Å². The topological polar surface area (TPSA) is 75.1 Å². The molecule has 0 aliphatic rings. The first-order valence-electron chi connectivity index (χ1n) is 7.00. The maximum atomic E-state index is 5.66. The molecule has 2 aromatic carbocycles. The number of nitrogens with one attached hydrogen (secondary N) is 1. The molecule has 0 bridgehead atoms. The van der Waals surface area contributed by atoms with Crippen LogP contribution in [0.5, 0.6) is 0 Å². The van der Waals surface area contributed by atoms with Gasteiger partial charge in [0.2, 0.25) is 5.96 Å². The van der Waals surface area contributed by atoms with E-state index in [1.165, 1.54) is 0 Å². The van der Waals surface area contributed by atoms with Crippen molar-refractivity contribution in [3.8, 4) is 24.7 Å². The number of hydrazone groups is 1. The number of guanidine groups is 1. The van der Waals surface area contributed by atoms with E-state index in [0.717, 1.165) is 22.3 Å². The Balaban J connectivity index is 1.94. The molecule has 0 fully saturated rings. The predicted octanol–water partition coefficient (Wildman–Crippen LogP) is 1.92. The molecule has 116 valence electrons. The van der Waals surface area contributed by atoms with E-state index < -0.39 is 0 Å². The van der Waals surface area contributed by atoms with E-state index >= 15 is 0 Å². The fourth-order valence-electron chi connectivity index (χ4n) is 1.77. The summed E-state index contributed by atoms with van der Waals surface area (Å²) in [6.07, 6.45) is 13.8. The summed E-state index contributed by atoms with van der Waals surface area (Å²) in [4.78, 5) is 0. The molecule has 0 spiro atoms. The van der Waals surface area contributed by atoms with Crippen LogP contribution in [0.4, 0.5) is 0 Å². The van der Waals surface area contributed by atoms with Crippen LogP contribution in [0.2, 0.25) is 0 Å². The molecule has 0 aliphatic carbocycles. The zero-order chi connectivity index (χ0) is 17.2. The van der Waals surface area contributed by atoms with Crippen molar-refractivity contribution < 1.29 is 0 Å². The standard InChI is InChI=1S/C19H15N5/c1-3-15-7-5-9-17(11-15)13-21-23-19(20)24-22-14-18-10-6-8-16(4-2)12-18/h1-2,5-14H,(H3,20,23,24). The number of terminal acetylenes is 2. The fourth-order valence-corrected chi connectivity index (χ4v) is 1.77. The van der Waals surface area contributed by atoms with E-state index in [2.05, 4.69) is 32.6 Å². The minimum absolute atomic E-state index is 0.0590. The number of hydrogen-bond acceptors (Lipinski definition) is 3. The van der Waals surface area contributed by atoms with E-state index in [1.54, 1.807) is 12.4 Å². The maximum Gasteiger partial charge on any atom is 0.234 e. The molecule has 5 heteroatoms. The summed E-state index contributed by atoms with van der Waals surface area (Å²) in [5.74, 6) is 5.17. The van der Waals surface area contributed by atoms with Gasteiger partial charge in [0.15, 0.2) is 0 Å². The highest BCUT2D eigenvalue weighted by Gasteiger charge is 1.92. The molecular weight excluding hydrogens is 298 g/mol. The molecule has 3 N–H and O–H groups in total. The van der Waals surface area contributed by atoms with Gasteiger partial charge in [0.1, 0.15) is 0 Å². The smallest absolute Gasteiger partial charge is 0.234 e. The van der Waals surface area contributed by atoms with Gasteiger partial charge in [-0.05, 0) is 35.4 Å². The number of nitrogens with zero attached hydrogens (tertiary/aromatic N) is 3. The van der Waals surface area contributed by atoms with E-state index in [1.807, 2.05) is 48.5 Å². The van der Waals surface area contributed by atoms with Crippen LogP contribution < -0.4 is 11.2 Å². The third-order valence-corrected chi connectivity index (χ3v) is 2.87. The predicted molar refractivity (Wildman–Crippen MR) is 98.7 cm³/mol. The SMILES string of the molecule is C#Cc1cccc(C=NN=C(N)NN=Cc2cccc(C#C)c2)c1. The Morgan fingerprint density at radius 2 is 1.54 bits per heavy atom. The summed E-state index contributed by atoms with van der Waals surface area (Å²) in [5, 5.41) is 11.6. The van der Waals surface area contributed by atoms with E-state index in [9.17, 15) is 0 Å².